The molecule has 1 spiro atoms. The zero-order valence-electron chi connectivity index (χ0n) is 13.4. The van der Waals surface area contributed by atoms with Gasteiger partial charge < -0.3 is 4.90 Å². The summed E-state index contributed by atoms with van der Waals surface area (Å²) >= 11 is 0. The van der Waals surface area contributed by atoms with Gasteiger partial charge in [-0.05, 0) is 56.5 Å². The maximum absolute atomic E-state index is 2.47. The van der Waals surface area contributed by atoms with E-state index in [-0.39, 0.29) is 5.41 Å². The fourth-order valence-corrected chi connectivity index (χ4v) is 4.56. The minimum Gasteiger partial charge on any atom is -0.306 e. The molecule has 22 heavy (non-hydrogen) atoms. The van der Waals surface area contributed by atoms with E-state index >= 15 is 0 Å². The molecule has 0 bridgehead atoms. The molecule has 0 saturated carbocycles. The summed E-state index contributed by atoms with van der Waals surface area (Å²) in [5, 5.41) is 0. The van der Waals surface area contributed by atoms with Gasteiger partial charge in [0.05, 0.1) is 0 Å². The maximum atomic E-state index is 2.47. The van der Waals surface area contributed by atoms with Gasteiger partial charge in [-0.3, -0.25) is 0 Å². The van der Waals surface area contributed by atoms with E-state index in [1.807, 2.05) is 0 Å². The molecule has 1 nitrogen and oxygen atoms in total. The number of hydrogen-bond acceptors (Lipinski definition) is 1. The van der Waals surface area contributed by atoms with Crippen LogP contribution in [-0.4, -0.2) is 25.0 Å². The van der Waals surface area contributed by atoms with Gasteiger partial charge in [-0.15, -0.1) is 0 Å². The zero-order chi connectivity index (χ0) is 15.0. The fraction of sp³-hybridized carbons (Fsp3) is 0.429. The normalized spacial score (nSPS) is 34.7. The van der Waals surface area contributed by atoms with E-state index in [4.69, 9.17) is 0 Å². The SMILES string of the molecule is CN1CCC(C2C=CC=C3C=CC=CC34CC=CC=C24)CC1. The summed E-state index contributed by atoms with van der Waals surface area (Å²) < 4.78 is 0. The van der Waals surface area contributed by atoms with Crippen LogP contribution in [0.2, 0.25) is 0 Å². The Morgan fingerprint density at radius 1 is 1.05 bits per heavy atom. The Labute approximate surface area is 134 Å². The smallest absolute Gasteiger partial charge is 0.0387 e. The highest BCUT2D eigenvalue weighted by molar-refractivity contribution is 5.53. The average molecular weight is 291 g/mol. The molecule has 2 atom stereocenters. The van der Waals surface area contributed by atoms with E-state index in [9.17, 15) is 0 Å². The zero-order valence-corrected chi connectivity index (χ0v) is 13.4. The minimum absolute atomic E-state index is 0.112. The highest BCUT2D eigenvalue weighted by atomic mass is 15.1. The summed E-state index contributed by atoms with van der Waals surface area (Å²) in [6.07, 6.45) is 27.0. The fourth-order valence-electron chi connectivity index (χ4n) is 4.56. The van der Waals surface area contributed by atoms with Crippen molar-refractivity contribution in [2.24, 2.45) is 17.3 Å². The molecule has 1 heterocycles. The molecule has 1 heteroatoms. The van der Waals surface area contributed by atoms with Gasteiger partial charge >= 0.3 is 0 Å². The second-order valence-corrected chi connectivity index (χ2v) is 7.12. The predicted molar refractivity (Wildman–Crippen MR) is 93.5 cm³/mol. The van der Waals surface area contributed by atoms with Crippen LogP contribution in [0.5, 0.6) is 0 Å². The molecule has 4 rings (SSSR count). The molecule has 0 aromatic rings. The number of allylic oxidation sites excluding steroid dienone is 12. The van der Waals surface area contributed by atoms with Gasteiger partial charge in [0.1, 0.15) is 0 Å². The predicted octanol–water partition coefficient (Wildman–Crippen LogP) is 4.44. The quantitative estimate of drug-likeness (QED) is 0.690. The standard InChI is InChI=1S/C21H25N/c1-22-15-11-17(12-16-22)19-9-6-8-18-7-2-4-13-21(18)14-5-3-10-20(19)21/h2-10,13,17,19H,11-12,14-16H2,1H3. The molecule has 0 aromatic heterocycles. The van der Waals surface area contributed by atoms with E-state index in [2.05, 4.69) is 72.7 Å². The summed E-state index contributed by atoms with van der Waals surface area (Å²) in [7, 11) is 2.25. The largest absolute Gasteiger partial charge is 0.306 e. The summed E-state index contributed by atoms with van der Waals surface area (Å²) in [4.78, 5) is 2.47. The molecule has 3 aliphatic carbocycles. The Bertz CT molecular complexity index is 620. The highest BCUT2D eigenvalue weighted by Crippen LogP contribution is 2.52. The first-order valence-electron chi connectivity index (χ1n) is 8.60. The molecule has 0 aromatic carbocycles. The highest BCUT2D eigenvalue weighted by Gasteiger charge is 2.41. The van der Waals surface area contributed by atoms with Crippen LogP contribution in [0.4, 0.5) is 0 Å². The van der Waals surface area contributed by atoms with Gasteiger partial charge in [0, 0.05) is 11.3 Å². The van der Waals surface area contributed by atoms with Gasteiger partial charge in [-0.25, -0.2) is 0 Å². The molecule has 0 radical (unpaired) electrons. The Kier molecular flexibility index (Phi) is 3.54. The molecular weight excluding hydrogens is 266 g/mol. The van der Waals surface area contributed by atoms with E-state index in [0.29, 0.717) is 5.92 Å². The van der Waals surface area contributed by atoms with E-state index < -0.39 is 0 Å². The van der Waals surface area contributed by atoms with Crippen molar-refractivity contribution < 1.29 is 0 Å². The van der Waals surface area contributed by atoms with Crippen LogP contribution >= 0.6 is 0 Å². The number of likely N-dealkylation sites (tertiary alicyclic amines) is 1. The third-order valence-electron chi connectivity index (χ3n) is 5.87. The topological polar surface area (TPSA) is 3.24 Å². The lowest BCUT2D eigenvalue weighted by Crippen LogP contribution is -2.36. The molecule has 4 aliphatic rings. The molecular formula is C21H25N. The molecule has 0 amide bonds. The summed E-state index contributed by atoms with van der Waals surface area (Å²) in [5.74, 6) is 1.37. The lowest BCUT2D eigenvalue weighted by atomic mass is 9.62. The van der Waals surface area contributed by atoms with Crippen LogP contribution in [0.25, 0.3) is 0 Å². The number of piperidine rings is 1. The minimum atomic E-state index is 0.112. The molecule has 0 N–H and O–H groups in total. The Hall–Kier alpha value is -1.60. The Balaban J connectivity index is 1.72. The lowest BCUT2D eigenvalue weighted by Gasteiger charge is -2.43. The van der Waals surface area contributed by atoms with E-state index in [1.54, 1.807) is 5.57 Å². The van der Waals surface area contributed by atoms with Crippen molar-refractivity contribution in [1.82, 2.24) is 4.90 Å². The van der Waals surface area contributed by atoms with Gasteiger partial charge in [0.25, 0.3) is 0 Å². The van der Waals surface area contributed by atoms with Crippen molar-refractivity contribution in [3.05, 3.63) is 71.9 Å². The summed E-state index contributed by atoms with van der Waals surface area (Å²) in [5.41, 5.74) is 3.18. The second-order valence-electron chi connectivity index (χ2n) is 7.12. The second kappa shape index (κ2) is 5.55. The molecule has 114 valence electrons. The van der Waals surface area contributed by atoms with Crippen LogP contribution in [-0.2, 0) is 0 Å². The van der Waals surface area contributed by atoms with Crippen molar-refractivity contribution in [2.45, 2.75) is 19.3 Å². The summed E-state index contributed by atoms with van der Waals surface area (Å²) in [6, 6.07) is 0. The van der Waals surface area contributed by atoms with Crippen LogP contribution in [0.15, 0.2) is 71.9 Å². The van der Waals surface area contributed by atoms with E-state index in [1.165, 1.54) is 31.5 Å². The van der Waals surface area contributed by atoms with Crippen molar-refractivity contribution in [3.8, 4) is 0 Å². The Morgan fingerprint density at radius 3 is 2.77 bits per heavy atom. The first-order chi connectivity index (χ1) is 10.8. The monoisotopic (exact) mass is 291 g/mol. The van der Waals surface area contributed by atoms with Gasteiger partial charge in [-0.2, -0.15) is 0 Å². The van der Waals surface area contributed by atoms with Gasteiger partial charge in [0.2, 0.25) is 0 Å². The molecule has 1 aliphatic heterocycles. The number of nitrogens with zero attached hydrogens (tertiary/aromatic N) is 1. The van der Waals surface area contributed by atoms with Crippen molar-refractivity contribution in [2.75, 3.05) is 20.1 Å². The van der Waals surface area contributed by atoms with Crippen LogP contribution in [0, 0.1) is 17.3 Å². The van der Waals surface area contributed by atoms with Crippen molar-refractivity contribution >= 4 is 0 Å². The van der Waals surface area contributed by atoms with Crippen LogP contribution in [0.1, 0.15) is 19.3 Å². The van der Waals surface area contributed by atoms with Crippen LogP contribution < -0.4 is 0 Å². The average Bonchev–Trinajstić information content (AvgIpc) is 2.72. The van der Waals surface area contributed by atoms with Crippen molar-refractivity contribution in [3.63, 3.8) is 0 Å². The molecule has 2 unspecified atom stereocenters. The summed E-state index contributed by atoms with van der Waals surface area (Å²) in [6.45, 7) is 2.47. The number of rotatable bonds is 1. The van der Waals surface area contributed by atoms with E-state index in [0.717, 1.165) is 12.3 Å². The Morgan fingerprint density at radius 2 is 1.91 bits per heavy atom. The van der Waals surface area contributed by atoms with Crippen LogP contribution in [0.3, 0.4) is 0 Å². The maximum Gasteiger partial charge on any atom is 0.0387 e. The van der Waals surface area contributed by atoms with Crippen molar-refractivity contribution in [1.29, 1.82) is 0 Å². The molecule has 1 saturated heterocycles. The third kappa shape index (κ3) is 2.19. The lowest BCUT2D eigenvalue weighted by molar-refractivity contribution is 0.193. The number of hydrogen-bond donors (Lipinski definition) is 0. The van der Waals surface area contributed by atoms with Gasteiger partial charge in [0.15, 0.2) is 0 Å². The molecule has 1 fully saturated rings. The van der Waals surface area contributed by atoms with Gasteiger partial charge in [-0.1, -0.05) is 60.8 Å². The first kappa shape index (κ1) is 14.0. The first-order valence-corrected chi connectivity index (χ1v) is 8.60. The third-order valence-corrected chi connectivity index (χ3v) is 5.87.